The van der Waals surface area contributed by atoms with Gasteiger partial charge in [-0.1, -0.05) is 19.8 Å². The van der Waals surface area contributed by atoms with E-state index in [0.717, 1.165) is 31.6 Å². The van der Waals surface area contributed by atoms with Gasteiger partial charge in [-0.15, -0.1) is 0 Å². The molecule has 2 fully saturated rings. The number of hydrogen-bond acceptors (Lipinski definition) is 3. The number of nitrogens with zero attached hydrogens (tertiary/aromatic N) is 1. The molecule has 0 radical (unpaired) electrons. The number of thioether (sulfide) groups is 1. The van der Waals surface area contributed by atoms with Crippen molar-refractivity contribution in [2.75, 3.05) is 18.9 Å². The molecule has 1 heterocycles. The Morgan fingerprint density at radius 2 is 2.11 bits per heavy atom. The van der Waals surface area contributed by atoms with Gasteiger partial charge < -0.3 is 15.3 Å². The number of rotatable bonds is 4. The Morgan fingerprint density at radius 1 is 1.32 bits per heavy atom. The summed E-state index contributed by atoms with van der Waals surface area (Å²) in [6.07, 6.45) is 6.76. The average molecular weight is 286 g/mol. The molecule has 5 heteroatoms. The molecule has 1 aliphatic heterocycles. The van der Waals surface area contributed by atoms with Crippen molar-refractivity contribution in [3.8, 4) is 0 Å². The maximum absolute atomic E-state index is 12.3. The largest absolute Gasteiger partial charge is 0.394 e. The van der Waals surface area contributed by atoms with Gasteiger partial charge in [0.25, 0.3) is 0 Å². The highest BCUT2D eigenvalue weighted by Gasteiger charge is 2.32. The summed E-state index contributed by atoms with van der Waals surface area (Å²) in [6.45, 7) is 3.06. The maximum atomic E-state index is 12.3. The summed E-state index contributed by atoms with van der Waals surface area (Å²) in [5.41, 5.74) is 0. The Labute approximate surface area is 120 Å². The first-order chi connectivity index (χ1) is 9.26. The topological polar surface area (TPSA) is 52.6 Å². The van der Waals surface area contributed by atoms with E-state index < -0.39 is 0 Å². The van der Waals surface area contributed by atoms with Gasteiger partial charge in [0.15, 0.2) is 0 Å². The van der Waals surface area contributed by atoms with E-state index in [1.54, 1.807) is 0 Å². The smallest absolute Gasteiger partial charge is 0.317 e. The summed E-state index contributed by atoms with van der Waals surface area (Å²) in [4.78, 5) is 14.1. The summed E-state index contributed by atoms with van der Waals surface area (Å²) in [5.74, 6) is 1.11. The molecular weight excluding hydrogens is 260 g/mol. The van der Waals surface area contributed by atoms with Crippen LogP contribution in [0.15, 0.2) is 0 Å². The lowest BCUT2D eigenvalue weighted by atomic mass is 9.95. The number of urea groups is 1. The molecule has 1 aliphatic carbocycles. The Bertz CT molecular complexity index is 299. The van der Waals surface area contributed by atoms with E-state index in [1.807, 2.05) is 16.7 Å². The van der Waals surface area contributed by atoms with Crippen LogP contribution in [0.3, 0.4) is 0 Å². The van der Waals surface area contributed by atoms with Crippen LogP contribution in [0.25, 0.3) is 0 Å². The van der Waals surface area contributed by atoms with Gasteiger partial charge in [-0.3, -0.25) is 0 Å². The van der Waals surface area contributed by atoms with E-state index in [2.05, 4.69) is 12.2 Å². The number of aliphatic hydroxyl groups excluding tert-OH is 1. The van der Waals surface area contributed by atoms with Crippen LogP contribution in [-0.4, -0.2) is 52.3 Å². The van der Waals surface area contributed by atoms with Crippen molar-refractivity contribution in [2.45, 2.75) is 62.8 Å². The molecule has 0 spiro atoms. The van der Waals surface area contributed by atoms with Gasteiger partial charge in [-0.25, -0.2) is 4.79 Å². The number of hydrogen-bond donors (Lipinski definition) is 2. The normalized spacial score (nSPS) is 31.5. The Morgan fingerprint density at radius 3 is 2.84 bits per heavy atom. The van der Waals surface area contributed by atoms with Crippen LogP contribution >= 0.6 is 11.8 Å². The molecule has 2 rings (SSSR count). The van der Waals surface area contributed by atoms with Crippen molar-refractivity contribution in [1.82, 2.24) is 10.2 Å². The van der Waals surface area contributed by atoms with Crippen LogP contribution in [-0.2, 0) is 0 Å². The molecule has 110 valence electrons. The summed E-state index contributed by atoms with van der Waals surface area (Å²) < 4.78 is 0. The molecule has 2 aliphatic rings. The minimum absolute atomic E-state index is 0.0286. The molecule has 3 atom stereocenters. The molecule has 2 N–H and O–H groups in total. The van der Waals surface area contributed by atoms with Gasteiger partial charge in [0.05, 0.1) is 12.6 Å². The maximum Gasteiger partial charge on any atom is 0.317 e. The van der Waals surface area contributed by atoms with E-state index in [1.165, 1.54) is 19.3 Å². The molecule has 2 unspecified atom stereocenters. The third kappa shape index (κ3) is 3.78. The van der Waals surface area contributed by atoms with Gasteiger partial charge in [0.1, 0.15) is 0 Å². The van der Waals surface area contributed by atoms with E-state index in [-0.39, 0.29) is 18.7 Å². The van der Waals surface area contributed by atoms with Crippen LogP contribution < -0.4 is 5.32 Å². The van der Waals surface area contributed by atoms with E-state index >= 15 is 0 Å². The summed E-state index contributed by atoms with van der Waals surface area (Å²) in [7, 11) is 0. The second kappa shape index (κ2) is 7.39. The zero-order chi connectivity index (χ0) is 13.7. The van der Waals surface area contributed by atoms with Crippen LogP contribution in [0.1, 0.15) is 45.4 Å². The second-order valence-corrected chi connectivity index (χ2v) is 7.02. The highest BCUT2D eigenvalue weighted by Crippen LogP contribution is 2.29. The fourth-order valence-electron chi connectivity index (χ4n) is 3.21. The molecule has 4 nitrogen and oxygen atoms in total. The van der Waals surface area contributed by atoms with E-state index in [0.29, 0.717) is 11.3 Å². The first-order valence-corrected chi connectivity index (χ1v) is 8.60. The first-order valence-electron chi connectivity index (χ1n) is 7.55. The Kier molecular flexibility index (Phi) is 5.82. The second-order valence-electron chi connectivity index (χ2n) is 5.51. The van der Waals surface area contributed by atoms with Crippen LogP contribution in [0.2, 0.25) is 0 Å². The zero-order valence-corrected chi connectivity index (χ0v) is 12.6. The van der Waals surface area contributed by atoms with Crippen molar-refractivity contribution >= 4 is 17.8 Å². The van der Waals surface area contributed by atoms with Crippen molar-refractivity contribution in [3.63, 3.8) is 0 Å². The first kappa shape index (κ1) is 15.0. The molecule has 0 aromatic rings. The van der Waals surface area contributed by atoms with Crippen molar-refractivity contribution in [3.05, 3.63) is 0 Å². The summed E-state index contributed by atoms with van der Waals surface area (Å²) in [6, 6.07) is 0.372. The molecule has 0 bridgehead atoms. The van der Waals surface area contributed by atoms with Gasteiger partial charge in [0.2, 0.25) is 0 Å². The summed E-state index contributed by atoms with van der Waals surface area (Å²) in [5, 5.41) is 13.1. The van der Waals surface area contributed by atoms with Crippen LogP contribution in [0, 0.1) is 0 Å². The lowest BCUT2D eigenvalue weighted by Crippen LogP contribution is -2.51. The average Bonchev–Trinajstić information content (AvgIpc) is 2.89. The fraction of sp³-hybridized carbons (Fsp3) is 0.929. The lowest BCUT2D eigenvalue weighted by molar-refractivity contribution is 0.153. The van der Waals surface area contributed by atoms with Gasteiger partial charge in [0, 0.05) is 17.8 Å². The van der Waals surface area contributed by atoms with Crippen molar-refractivity contribution in [1.29, 1.82) is 0 Å². The monoisotopic (exact) mass is 286 g/mol. The summed E-state index contributed by atoms with van der Waals surface area (Å²) >= 11 is 1.97. The Balaban J connectivity index is 1.89. The third-order valence-electron chi connectivity index (χ3n) is 4.24. The van der Waals surface area contributed by atoms with Crippen LogP contribution in [0.5, 0.6) is 0 Å². The van der Waals surface area contributed by atoms with E-state index in [4.69, 9.17) is 0 Å². The molecule has 1 saturated heterocycles. The predicted octanol–water partition coefficient (Wildman–Crippen LogP) is 2.22. The molecule has 0 aromatic carbocycles. The standard InChI is InChI=1S/C14H26N2O2S/c1-2-19-13-8-4-3-7-12(13)15-14(18)16-9-5-6-11(16)10-17/h11-13,17H,2-10H2,1H3,(H,15,18)/t11-,12?,13?/m1/s1. The van der Waals surface area contributed by atoms with Gasteiger partial charge in [-0.2, -0.15) is 11.8 Å². The number of likely N-dealkylation sites (tertiary alicyclic amines) is 1. The predicted molar refractivity (Wildman–Crippen MR) is 79.5 cm³/mol. The van der Waals surface area contributed by atoms with Gasteiger partial charge in [-0.05, 0) is 31.4 Å². The van der Waals surface area contributed by atoms with Crippen molar-refractivity contribution in [2.24, 2.45) is 0 Å². The highest BCUT2D eigenvalue weighted by molar-refractivity contribution is 7.99. The number of amides is 2. The Hall–Kier alpha value is -0.420. The number of nitrogens with one attached hydrogen (secondary N) is 1. The van der Waals surface area contributed by atoms with E-state index in [9.17, 15) is 9.90 Å². The highest BCUT2D eigenvalue weighted by atomic mass is 32.2. The molecule has 1 saturated carbocycles. The number of carbonyl (C=O) groups excluding carboxylic acids is 1. The SMILES string of the molecule is CCSC1CCCCC1NC(=O)N1CCC[C@@H]1CO. The third-order valence-corrected chi connectivity index (χ3v) is 5.57. The minimum Gasteiger partial charge on any atom is -0.394 e. The lowest BCUT2D eigenvalue weighted by Gasteiger charge is -2.34. The van der Waals surface area contributed by atoms with Gasteiger partial charge >= 0.3 is 6.03 Å². The number of aliphatic hydroxyl groups is 1. The molecule has 0 aromatic heterocycles. The number of carbonyl (C=O) groups is 1. The fourth-order valence-corrected chi connectivity index (χ4v) is 4.41. The zero-order valence-electron chi connectivity index (χ0n) is 11.8. The molecule has 2 amide bonds. The van der Waals surface area contributed by atoms with Crippen molar-refractivity contribution < 1.29 is 9.90 Å². The minimum atomic E-state index is 0.0286. The quantitative estimate of drug-likeness (QED) is 0.833. The van der Waals surface area contributed by atoms with Crippen LogP contribution in [0.4, 0.5) is 4.79 Å². The molecule has 19 heavy (non-hydrogen) atoms. The molecular formula is C14H26N2O2S.